The molecule has 0 bridgehead atoms. The first-order valence-corrected chi connectivity index (χ1v) is 4.17. The summed E-state index contributed by atoms with van der Waals surface area (Å²) >= 11 is 0. The first kappa shape index (κ1) is 23.6. The molecule has 0 aromatic rings. The zero-order valence-corrected chi connectivity index (χ0v) is 10.4. The average molecular weight is 244 g/mol. The molecule has 1 aliphatic carbocycles. The van der Waals surface area contributed by atoms with Crippen molar-refractivity contribution in [3.63, 3.8) is 0 Å². The van der Waals surface area contributed by atoms with Gasteiger partial charge in [-0.1, -0.05) is 0 Å². The van der Waals surface area contributed by atoms with Crippen LogP contribution in [0.1, 0.15) is 6.42 Å². The Hall–Kier alpha value is -1.17. The molecule has 0 aliphatic heterocycles. The van der Waals surface area contributed by atoms with E-state index in [1.165, 1.54) is 18.2 Å². The minimum Gasteiger partial charge on any atom is -0.273 e. The molecule has 0 radical (unpaired) electrons. The van der Waals surface area contributed by atoms with E-state index < -0.39 is 0 Å². The van der Waals surface area contributed by atoms with Gasteiger partial charge in [-0.3, -0.25) is 6.08 Å². The molecule has 0 unspecified atom stereocenters. The third-order valence-corrected chi connectivity index (χ3v) is 0.586. The van der Waals surface area contributed by atoms with Gasteiger partial charge in [0.05, 0.1) is 0 Å². The third kappa shape index (κ3) is 103. The van der Waals surface area contributed by atoms with E-state index in [0.717, 1.165) is 6.42 Å². The van der Waals surface area contributed by atoms with Gasteiger partial charge in [0.1, 0.15) is 0 Å². The topological polar surface area (TPSA) is 0 Å². The second-order valence-corrected chi connectivity index (χ2v) is 1.87. The Balaban J connectivity index is -0.0000000550. The predicted molar refractivity (Wildman–Crippen MR) is 68.2 cm³/mol. The van der Waals surface area contributed by atoms with Crippen molar-refractivity contribution in [1.29, 1.82) is 0 Å². The van der Waals surface area contributed by atoms with Crippen molar-refractivity contribution in [2.45, 2.75) is 6.42 Å². The van der Waals surface area contributed by atoms with Crippen molar-refractivity contribution in [1.82, 2.24) is 0 Å². The summed E-state index contributed by atoms with van der Waals surface area (Å²) < 4.78 is 0. The summed E-state index contributed by atoms with van der Waals surface area (Å²) in [5.41, 5.74) is 0. The van der Waals surface area contributed by atoms with Crippen molar-refractivity contribution in [2.75, 3.05) is 0 Å². The molecule has 84 valence electrons. The number of allylic oxidation sites excluding steroid dienone is 7. The van der Waals surface area contributed by atoms with E-state index in [0.29, 0.717) is 0 Å². The Labute approximate surface area is 107 Å². The Morgan fingerprint density at radius 1 is 1.00 bits per heavy atom. The van der Waals surface area contributed by atoms with Crippen LogP contribution in [-0.4, -0.2) is 0 Å². The van der Waals surface area contributed by atoms with Crippen molar-refractivity contribution >= 4 is 0 Å². The van der Waals surface area contributed by atoms with Crippen LogP contribution in [0.5, 0.6) is 0 Å². The van der Waals surface area contributed by atoms with Crippen molar-refractivity contribution < 1.29 is 17.1 Å². The predicted octanol–water partition coefficient (Wildman–Crippen LogP) is 4.32. The maximum atomic E-state index is 3.25. The van der Waals surface area contributed by atoms with Crippen LogP contribution in [-0.2, 0) is 17.1 Å². The van der Waals surface area contributed by atoms with Crippen LogP contribution in [0, 0.1) is 26.8 Å². The summed E-state index contributed by atoms with van der Waals surface area (Å²) in [6.45, 7) is 19.5. The van der Waals surface area contributed by atoms with Crippen LogP contribution < -0.4 is 0 Å². The standard InChI is InChI=1S/C5H5.3C3H5.Fe/c1-2-4-5-3-1;3*1-3-2;/h1-3H,4H2;3*3H,1-2H2;/q4*-1;+4. The van der Waals surface area contributed by atoms with Crippen LogP contribution in [0.3, 0.4) is 0 Å². The van der Waals surface area contributed by atoms with Crippen LogP contribution in [0.25, 0.3) is 0 Å². The van der Waals surface area contributed by atoms with Crippen LogP contribution in [0.4, 0.5) is 0 Å². The van der Waals surface area contributed by atoms with E-state index in [1.54, 1.807) is 0 Å². The first-order valence-electron chi connectivity index (χ1n) is 4.17. The van der Waals surface area contributed by atoms with Gasteiger partial charge in [-0.15, -0.1) is 6.42 Å². The summed E-state index contributed by atoms with van der Waals surface area (Å²) in [7, 11) is 0. The molecule has 1 rings (SSSR count). The van der Waals surface area contributed by atoms with Gasteiger partial charge in [0.2, 0.25) is 0 Å². The van der Waals surface area contributed by atoms with Gasteiger partial charge in [0.15, 0.2) is 0 Å². The summed E-state index contributed by atoms with van der Waals surface area (Å²) in [6.07, 6.45) is 14.5. The molecule has 0 nitrogen and oxygen atoms in total. The summed E-state index contributed by atoms with van der Waals surface area (Å²) in [5.74, 6) is 0. The Kier molecular flexibility index (Phi) is 60.5. The van der Waals surface area contributed by atoms with E-state index in [4.69, 9.17) is 0 Å². The summed E-state index contributed by atoms with van der Waals surface area (Å²) in [6, 6.07) is 0. The van der Waals surface area contributed by atoms with E-state index in [2.05, 4.69) is 52.7 Å². The van der Waals surface area contributed by atoms with E-state index in [-0.39, 0.29) is 17.1 Å². The number of rotatable bonds is 0. The van der Waals surface area contributed by atoms with Gasteiger partial charge in [0, 0.05) is 0 Å². The molecular weight excluding hydrogens is 224 g/mol. The molecule has 0 aromatic heterocycles. The number of hydrogen-bond donors (Lipinski definition) is 0. The summed E-state index contributed by atoms with van der Waals surface area (Å²) in [4.78, 5) is 0. The second-order valence-electron chi connectivity index (χ2n) is 1.87. The first-order chi connectivity index (χ1) is 6.74. The van der Waals surface area contributed by atoms with Crippen molar-refractivity contribution in [3.8, 4) is 0 Å². The van der Waals surface area contributed by atoms with Gasteiger partial charge in [-0.25, -0.2) is 70.9 Å². The molecule has 0 aromatic carbocycles. The Morgan fingerprint density at radius 2 is 1.33 bits per heavy atom. The Bertz CT molecular complexity index is 140. The fraction of sp³-hybridized carbons (Fsp3) is 0.0714. The molecular formula is C14H20Fe. The number of hydrogen-bond acceptors (Lipinski definition) is 0. The molecule has 1 aliphatic rings. The third-order valence-electron chi connectivity index (χ3n) is 0.586. The smallest absolute Gasteiger partial charge is 0.273 e. The fourth-order valence-electron chi connectivity index (χ4n) is 0.340. The molecule has 0 saturated carbocycles. The molecule has 0 atom stereocenters. The van der Waals surface area contributed by atoms with E-state index >= 15 is 0 Å². The van der Waals surface area contributed by atoms with Crippen LogP contribution in [0.15, 0.2) is 56.2 Å². The molecule has 0 N–H and O–H groups in total. The van der Waals surface area contributed by atoms with Crippen LogP contribution in [0.2, 0.25) is 0 Å². The minimum atomic E-state index is 0. The van der Waals surface area contributed by atoms with Gasteiger partial charge < -0.3 is 0 Å². The van der Waals surface area contributed by atoms with Gasteiger partial charge >= 0.3 is 17.1 Å². The van der Waals surface area contributed by atoms with Crippen LogP contribution >= 0.6 is 0 Å². The quantitative estimate of drug-likeness (QED) is 0.439. The molecule has 0 fully saturated rings. The summed E-state index contributed by atoms with van der Waals surface area (Å²) in [5, 5.41) is 0. The fourth-order valence-corrected chi connectivity index (χ4v) is 0.340. The zero-order valence-electron chi connectivity index (χ0n) is 9.27. The monoisotopic (exact) mass is 244 g/mol. The van der Waals surface area contributed by atoms with E-state index in [1.807, 2.05) is 12.2 Å². The molecule has 1 heteroatoms. The SMILES string of the molecule is C=C[CH2-].C=C[CH2-].C=C[CH2-].[C-]1=CC=CC1.[Fe+4]. The largest absolute Gasteiger partial charge is 4.00 e. The molecule has 0 amide bonds. The van der Waals surface area contributed by atoms with E-state index in [9.17, 15) is 0 Å². The maximum absolute atomic E-state index is 3.25. The van der Waals surface area contributed by atoms with Gasteiger partial charge in [0.25, 0.3) is 0 Å². The maximum Gasteiger partial charge on any atom is 4.00 e. The zero-order chi connectivity index (χ0) is 11.7. The normalized spacial score (nSPS) is 8.27. The minimum absolute atomic E-state index is 0. The Morgan fingerprint density at radius 3 is 1.40 bits per heavy atom. The van der Waals surface area contributed by atoms with Gasteiger partial charge in [-0.2, -0.15) is 6.08 Å². The van der Waals surface area contributed by atoms with Gasteiger partial charge in [-0.05, 0) is 0 Å². The average Bonchev–Trinajstić information content (AvgIpc) is 2.63. The molecule has 15 heavy (non-hydrogen) atoms. The molecule has 0 spiro atoms. The van der Waals surface area contributed by atoms with Crippen molar-refractivity contribution in [2.24, 2.45) is 0 Å². The second kappa shape index (κ2) is 38.5. The van der Waals surface area contributed by atoms with Crippen molar-refractivity contribution in [3.05, 3.63) is 83.0 Å². The molecule has 0 heterocycles. The molecule has 0 saturated heterocycles.